The summed E-state index contributed by atoms with van der Waals surface area (Å²) in [4.78, 5) is 37.7. The molecule has 0 aliphatic heterocycles. The molecule has 0 heterocycles. The summed E-state index contributed by atoms with van der Waals surface area (Å²) in [6.07, 6.45) is 4.44. The maximum atomic E-state index is 12.9. The van der Waals surface area contributed by atoms with Gasteiger partial charge in [0.05, 0.1) is 0 Å². The molecule has 1 atom stereocenters. The Morgan fingerprint density at radius 3 is 1.81 bits per heavy atom. The van der Waals surface area contributed by atoms with Gasteiger partial charge >= 0.3 is 18.2 Å². The van der Waals surface area contributed by atoms with Gasteiger partial charge in [-0.25, -0.2) is 24.8 Å². The molecule has 4 aliphatic rings. The van der Waals surface area contributed by atoms with Crippen molar-refractivity contribution in [1.29, 1.82) is 0 Å². The third kappa shape index (κ3) is 6.04. The van der Waals surface area contributed by atoms with Gasteiger partial charge in [0.2, 0.25) is 0 Å². The number of carbonyl (C=O) groups excluding carboxylic acids is 2. The fourth-order valence-corrected chi connectivity index (χ4v) is 5.96. The molecule has 4 rings (SSSR count). The average Bonchev–Trinajstić information content (AvgIpc) is 2.55. The number of carbonyl (C=O) groups is 3. The topological polar surface area (TPSA) is 105 Å². The van der Waals surface area contributed by atoms with E-state index in [1.165, 1.54) is 6.42 Å². The van der Waals surface area contributed by atoms with Crippen molar-refractivity contribution < 1.29 is 29.0 Å². The lowest BCUT2D eigenvalue weighted by atomic mass is 9.51. The number of amides is 2. The highest BCUT2D eigenvalue weighted by atomic mass is 16.6. The third-order valence-corrected chi connectivity index (χ3v) is 6.71. The molecule has 4 saturated carbocycles. The Balaban J connectivity index is 1.80. The number of carboxylic acid groups (broad SMARTS) is 1. The Bertz CT molecular complexity index is 680. The summed E-state index contributed by atoms with van der Waals surface area (Å²) in [5.74, 6) is 1.61. The van der Waals surface area contributed by atoms with Crippen LogP contribution >= 0.6 is 0 Å². The van der Waals surface area contributed by atoms with E-state index in [1.807, 2.05) is 0 Å². The summed E-state index contributed by atoms with van der Waals surface area (Å²) in [6.45, 7) is 10.2. The van der Waals surface area contributed by atoms with Crippen LogP contribution in [-0.4, -0.2) is 45.5 Å². The van der Waals surface area contributed by atoms with Gasteiger partial charge < -0.3 is 14.6 Å². The van der Waals surface area contributed by atoms with E-state index in [0.717, 1.165) is 42.5 Å². The van der Waals surface area contributed by atoms with Gasteiger partial charge in [0.25, 0.3) is 0 Å². The fraction of sp³-hybridized carbons (Fsp3) is 0.870. The Morgan fingerprint density at radius 1 is 0.903 bits per heavy atom. The van der Waals surface area contributed by atoms with Crippen molar-refractivity contribution in [3.63, 3.8) is 0 Å². The van der Waals surface area contributed by atoms with Crippen molar-refractivity contribution in [2.24, 2.45) is 29.6 Å². The average molecular weight is 439 g/mol. The van der Waals surface area contributed by atoms with E-state index in [-0.39, 0.29) is 5.92 Å². The summed E-state index contributed by atoms with van der Waals surface area (Å²) >= 11 is 0. The largest absolute Gasteiger partial charge is 0.480 e. The summed E-state index contributed by atoms with van der Waals surface area (Å²) in [6, 6.07) is -1.22. The molecule has 0 aromatic heterocycles. The van der Waals surface area contributed by atoms with E-state index in [9.17, 15) is 19.5 Å². The number of nitrogens with zero attached hydrogens (tertiary/aromatic N) is 1. The highest BCUT2D eigenvalue weighted by molar-refractivity contribution is 5.82. The first-order valence-electron chi connectivity index (χ1n) is 11.5. The van der Waals surface area contributed by atoms with E-state index in [1.54, 1.807) is 41.5 Å². The predicted molar refractivity (Wildman–Crippen MR) is 114 cm³/mol. The minimum atomic E-state index is -1.22. The molecule has 0 spiro atoms. The quantitative estimate of drug-likeness (QED) is 0.623. The molecule has 4 bridgehead atoms. The van der Waals surface area contributed by atoms with Gasteiger partial charge in [-0.3, -0.25) is 0 Å². The number of hydrazine groups is 1. The molecule has 0 aromatic carbocycles. The Hall–Kier alpha value is -1.99. The summed E-state index contributed by atoms with van der Waals surface area (Å²) < 4.78 is 10.7. The van der Waals surface area contributed by atoms with E-state index in [0.29, 0.717) is 18.3 Å². The SMILES string of the molecule is CC(C)(C)OC(=O)NN(C(=O)OC(C)(C)C)[C@@H](CC1C2CC3CC(C2)CC1C3)C(=O)O. The molecular formula is C23H38N2O6. The van der Waals surface area contributed by atoms with Gasteiger partial charge in [0.1, 0.15) is 11.2 Å². The minimum Gasteiger partial charge on any atom is -0.480 e. The molecule has 0 unspecified atom stereocenters. The molecule has 0 aromatic rings. The first-order valence-corrected chi connectivity index (χ1v) is 11.5. The lowest BCUT2D eigenvalue weighted by molar-refractivity contribution is -0.147. The molecule has 4 fully saturated rings. The molecule has 31 heavy (non-hydrogen) atoms. The number of aliphatic carboxylic acids is 1. The second-order valence-electron chi connectivity index (χ2n) is 11.6. The number of hydrogen-bond acceptors (Lipinski definition) is 5. The maximum absolute atomic E-state index is 12.9. The zero-order valence-corrected chi connectivity index (χ0v) is 19.6. The molecule has 0 saturated heterocycles. The molecule has 4 aliphatic carbocycles. The predicted octanol–water partition coefficient (Wildman–Crippen LogP) is 4.58. The Kier molecular flexibility index (Phi) is 6.50. The van der Waals surface area contributed by atoms with Crippen LogP contribution in [-0.2, 0) is 14.3 Å². The van der Waals surface area contributed by atoms with Gasteiger partial charge in [0.15, 0.2) is 6.04 Å². The standard InChI is InChI=1S/C23H38N2O6/c1-22(2,3)30-20(28)24-25(21(29)31-23(4,5)6)18(19(26)27)12-17-15-8-13-7-14(10-15)11-16(17)9-13/h13-18H,7-12H2,1-6H3,(H,24,28)(H,26,27)/t13?,14?,15?,16?,17?,18-/m0/s1. The van der Waals surface area contributed by atoms with Crippen LogP contribution in [0.5, 0.6) is 0 Å². The summed E-state index contributed by atoms with van der Waals surface area (Å²) in [7, 11) is 0. The van der Waals surface area contributed by atoms with Gasteiger partial charge in [-0.2, -0.15) is 0 Å². The third-order valence-electron chi connectivity index (χ3n) is 6.71. The van der Waals surface area contributed by atoms with Crippen molar-refractivity contribution in [3.8, 4) is 0 Å². The van der Waals surface area contributed by atoms with Crippen LogP contribution in [0.1, 0.15) is 80.1 Å². The highest BCUT2D eigenvalue weighted by Gasteiger charge is 2.50. The fourth-order valence-electron chi connectivity index (χ4n) is 5.96. The van der Waals surface area contributed by atoms with Crippen LogP contribution in [0.25, 0.3) is 0 Å². The number of rotatable bonds is 4. The molecule has 176 valence electrons. The van der Waals surface area contributed by atoms with Gasteiger partial charge in [-0.05, 0) is 110 Å². The van der Waals surface area contributed by atoms with Crippen molar-refractivity contribution in [2.75, 3.05) is 0 Å². The molecular weight excluding hydrogens is 400 g/mol. The van der Waals surface area contributed by atoms with Crippen LogP contribution in [0.4, 0.5) is 9.59 Å². The second kappa shape index (κ2) is 8.51. The summed E-state index contributed by atoms with van der Waals surface area (Å²) in [5, 5.41) is 10.9. The summed E-state index contributed by atoms with van der Waals surface area (Å²) in [5.41, 5.74) is 0.742. The van der Waals surface area contributed by atoms with Gasteiger partial charge in [0, 0.05) is 0 Å². The van der Waals surface area contributed by atoms with Gasteiger partial charge in [-0.1, -0.05) is 0 Å². The molecule has 2 amide bonds. The molecule has 0 radical (unpaired) electrons. The normalized spacial score (nSPS) is 30.5. The van der Waals surface area contributed by atoms with Crippen LogP contribution in [0.15, 0.2) is 0 Å². The van der Waals surface area contributed by atoms with Crippen LogP contribution in [0.2, 0.25) is 0 Å². The smallest absolute Gasteiger partial charge is 0.430 e. The zero-order chi connectivity index (χ0) is 23.1. The molecule has 2 N–H and O–H groups in total. The number of nitrogens with one attached hydrogen (secondary N) is 1. The van der Waals surface area contributed by atoms with Crippen molar-refractivity contribution in [1.82, 2.24) is 10.4 Å². The van der Waals surface area contributed by atoms with E-state index in [4.69, 9.17) is 9.47 Å². The lowest BCUT2D eigenvalue weighted by Gasteiger charge is -2.55. The van der Waals surface area contributed by atoms with Crippen LogP contribution < -0.4 is 5.43 Å². The van der Waals surface area contributed by atoms with Crippen molar-refractivity contribution in [2.45, 2.75) is 97.3 Å². The minimum absolute atomic E-state index is 0.235. The van der Waals surface area contributed by atoms with Crippen LogP contribution in [0.3, 0.4) is 0 Å². The van der Waals surface area contributed by atoms with Crippen LogP contribution in [0, 0.1) is 29.6 Å². The number of ether oxygens (including phenoxy) is 2. The second-order valence-corrected chi connectivity index (χ2v) is 11.6. The van der Waals surface area contributed by atoms with E-state index >= 15 is 0 Å². The number of hydrogen-bond donors (Lipinski definition) is 2. The van der Waals surface area contributed by atoms with Gasteiger partial charge in [-0.15, -0.1) is 0 Å². The van der Waals surface area contributed by atoms with E-state index < -0.39 is 35.4 Å². The first kappa shape index (κ1) is 23.7. The van der Waals surface area contributed by atoms with Crippen molar-refractivity contribution >= 4 is 18.2 Å². The maximum Gasteiger partial charge on any atom is 0.430 e. The van der Waals surface area contributed by atoms with E-state index in [2.05, 4.69) is 5.43 Å². The molecule has 8 nitrogen and oxygen atoms in total. The number of carboxylic acids is 1. The Morgan fingerprint density at radius 2 is 1.39 bits per heavy atom. The van der Waals surface area contributed by atoms with Crippen molar-refractivity contribution in [3.05, 3.63) is 0 Å². The zero-order valence-electron chi connectivity index (χ0n) is 19.6. The first-order chi connectivity index (χ1) is 14.2. The Labute approximate surface area is 185 Å². The monoisotopic (exact) mass is 438 g/mol. The lowest BCUT2D eigenvalue weighted by Crippen LogP contribution is -2.58. The highest BCUT2D eigenvalue weighted by Crippen LogP contribution is 2.57. The molecule has 8 heteroatoms.